The van der Waals surface area contributed by atoms with Crippen LogP contribution in [0.15, 0.2) is 42.5 Å². The highest BCUT2D eigenvalue weighted by molar-refractivity contribution is 7.18. The lowest BCUT2D eigenvalue weighted by atomic mass is 10.2. The molecular weight excluding hydrogens is 362 g/mol. The van der Waals surface area contributed by atoms with E-state index in [0.717, 1.165) is 31.7 Å². The van der Waals surface area contributed by atoms with Crippen molar-refractivity contribution < 1.29 is 14.3 Å². The lowest BCUT2D eigenvalue weighted by Gasteiger charge is -2.13. The zero-order valence-electron chi connectivity index (χ0n) is 15.0. The molecule has 2 saturated heterocycles. The number of benzene rings is 1. The molecule has 7 heteroatoms. The summed E-state index contributed by atoms with van der Waals surface area (Å²) in [5.74, 6) is 0.790. The summed E-state index contributed by atoms with van der Waals surface area (Å²) in [7, 11) is 0. The first-order valence-electron chi connectivity index (χ1n) is 9.34. The summed E-state index contributed by atoms with van der Waals surface area (Å²) in [5.41, 5.74) is 0. The maximum Gasteiger partial charge on any atom is 0.263 e. The number of ether oxygens (including phenoxy) is 1. The molecular formula is C20H23N3O3S. The topological polar surface area (TPSA) is 70.7 Å². The third-order valence-corrected chi connectivity index (χ3v) is 5.90. The largest absolute Gasteiger partial charge is 0.489 e. The smallest absolute Gasteiger partial charge is 0.263 e. The molecule has 2 atom stereocenters. The fourth-order valence-corrected chi connectivity index (χ4v) is 4.37. The number of nitrogens with one attached hydrogen (secondary N) is 2. The van der Waals surface area contributed by atoms with E-state index in [1.54, 1.807) is 12.1 Å². The summed E-state index contributed by atoms with van der Waals surface area (Å²) in [6.45, 7) is 2.29. The van der Waals surface area contributed by atoms with E-state index in [-0.39, 0.29) is 24.0 Å². The molecule has 0 unspecified atom stereocenters. The molecule has 0 spiro atoms. The standard InChI is InChI=1S/C20H23N3O3S/c24-19(16-12-15(13-21-16)26-14-6-2-1-3-7-14)22-18-9-8-17(27-18)20(25)23-10-4-5-11-23/h1-3,6-9,15-16,21H,4-5,10-13H2,(H,22,24)/t15-,16+/m1/s1. The fourth-order valence-electron chi connectivity index (χ4n) is 3.49. The summed E-state index contributed by atoms with van der Waals surface area (Å²) >= 11 is 1.34. The average Bonchev–Trinajstić information content (AvgIpc) is 3.44. The molecule has 4 rings (SSSR count). The minimum absolute atomic E-state index is 0.0289. The predicted molar refractivity (Wildman–Crippen MR) is 105 cm³/mol. The van der Waals surface area contributed by atoms with Gasteiger partial charge in [-0.1, -0.05) is 18.2 Å². The molecule has 3 heterocycles. The number of rotatable bonds is 5. The van der Waals surface area contributed by atoms with Gasteiger partial charge in [0.25, 0.3) is 5.91 Å². The fraction of sp³-hybridized carbons (Fsp3) is 0.400. The van der Waals surface area contributed by atoms with Gasteiger partial charge < -0.3 is 20.3 Å². The Balaban J connectivity index is 1.30. The van der Waals surface area contributed by atoms with Gasteiger partial charge in [0.15, 0.2) is 0 Å². The van der Waals surface area contributed by atoms with Gasteiger partial charge in [-0.3, -0.25) is 9.59 Å². The number of amides is 2. The van der Waals surface area contributed by atoms with Crippen LogP contribution in [0.2, 0.25) is 0 Å². The number of carbonyl (C=O) groups is 2. The SMILES string of the molecule is O=C(Nc1ccc(C(=O)N2CCCC2)s1)[C@@H]1C[C@@H](Oc2ccccc2)CN1. The highest BCUT2D eigenvalue weighted by atomic mass is 32.1. The van der Waals surface area contributed by atoms with E-state index >= 15 is 0 Å². The van der Waals surface area contributed by atoms with Gasteiger partial charge in [0.2, 0.25) is 5.91 Å². The molecule has 2 aromatic rings. The number of carbonyl (C=O) groups excluding carboxylic acids is 2. The molecule has 0 saturated carbocycles. The highest BCUT2D eigenvalue weighted by Crippen LogP contribution is 2.25. The minimum Gasteiger partial charge on any atom is -0.489 e. The Morgan fingerprint density at radius 2 is 1.89 bits per heavy atom. The van der Waals surface area contributed by atoms with Crippen molar-refractivity contribution in [1.82, 2.24) is 10.2 Å². The van der Waals surface area contributed by atoms with Crippen LogP contribution in [0.3, 0.4) is 0 Å². The molecule has 142 valence electrons. The van der Waals surface area contributed by atoms with Gasteiger partial charge in [-0.2, -0.15) is 0 Å². The van der Waals surface area contributed by atoms with Crippen LogP contribution >= 0.6 is 11.3 Å². The van der Waals surface area contributed by atoms with E-state index in [9.17, 15) is 9.59 Å². The van der Waals surface area contributed by atoms with Crippen molar-refractivity contribution >= 4 is 28.2 Å². The van der Waals surface area contributed by atoms with E-state index in [4.69, 9.17) is 4.74 Å². The van der Waals surface area contributed by atoms with Crippen molar-refractivity contribution in [3.8, 4) is 5.75 Å². The van der Waals surface area contributed by atoms with Crippen molar-refractivity contribution in [2.45, 2.75) is 31.4 Å². The maximum atomic E-state index is 12.5. The van der Waals surface area contributed by atoms with Gasteiger partial charge in [0.1, 0.15) is 11.9 Å². The number of thiophene rings is 1. The van der Waals surface area contributed by atoms with Gasteiger partial charge in [-0.15, -0.1) is 11.3 Å². The van der Waals surface area contributed by atoms with Crippen LogP contribution < -0.4 is 15.4 Å². The number of hydrogen-bond acceptors (Lipinski definition) is 5. The van der Waals surface area contributed by atoms with Crippen molar-refractivity contribution in [2.75, 3.05) is 25.0 Å². The Bertz CT molecular complexity index is 802. The molecule has 0 aliphatic carbocycles. The van der Waals surface area contributed by atoms with Crippen LogP contribution in [0.1, 0.15) is 28.9 Å². The summed E-state index contributed by atoms with van der Waals surface area (Å²) in [6, 6.07) is 12.9. The van der Waals surface area contributed by atoms with E-state index in [2.05, 4.69) is 10.6 Å². The Morgan fingerprint density at radius 1 is 1.11 bits per heavy atom. The highest BCUT2D eigenvalue weighted by Gasteiger charge is 2.31. The summed E-state index contributed by atoms with van der Waals surface area (Å²) < 4.78 is 5.91. The van der Waals surface area contributed by atoms with E-state index in [1.165, 1.54) is 11.3 Å². The predicted octanol–water partition coefficient (Wildman–Crippen LogP) is 2.73. The lowest BCUT2D eigenvalue weighted by Crippen LogP contribution is -2.35. The number of likely N-dealkylation sites (tertiary alicyclic amines) is 1. The van der Waals surface area contributed by atoms with E-state index < -0.39 is 0 Å². The zero-order chi connectivity index (χ0) is 18.6. The molecule has 2 N–H and O–H groups in total. The second-order valence-corrected chi connectivity index (χ2v) is 7.99. The number of nitrogens with zero attached hydrogens (tertiary/aromatic N) is 1. The van der Waals surface area contributed by atoms with Gasteiger partial charge in [-0.05, 0) is 37.1 Å². The maximum absolute atomic E-state index is 12.5. The van der Waals surface area contributed by atoms with Crippen LogP contribution in [0.25, 0.3) is 0 Å². The first kappa shape index (κ1) is 18.0. The third kappa shape index (κ3) is 4.31. The van der Waals surface area contributed by atoms with Gasteiger partial charge in [0, 0.05) is 26.1 Å². The van der Waals surface area contributed by atoms with Crippen LogP contribution in [-0.4, -0.2) is 48.5 Å². The van der Waals surface area contributed by atoms with Crippen LogP contribution in [0.4, 0.5) is 5.00 Å². The molecule has 0 radical (unpaired) electrons. The molecule has 27 heavy (non-hydrogen) atoms. The Labute approximate surface area is 162 Å². The van der Waals surface area contributed by atoms with Crippen LogP contribution in [0, 0.1) is 0 Å². The van der Waals surface area contributed by atoms with Crippen molar-refractivity contribution in [3.63, 3.8) is 0 Å². The zero-order valence-corrected chi connectivity index (χ0v) is 15.8. The molecule has 2 amide bonds. The molecule has 2 aliphatic rings. The molecule has 1 aromatic carbocycles. The number of hydrogen-bond donors (Lipinski definition) is 2. The monoisotopic (exact) mass is 385 g/mol. The molecule has 1 aromatic heterocycles. The third-order valence-electron chi connectivity index (χ3n) is 4.91. The Hall–Kier alpha value is -2.38. The second kappa shape index (κ2) is 8.10. The molecule has 2 fully saturated rings. The second-order valence-electron chi connectivity index (χ2n) is 6.90. The summed E-state index contributed by atoms with van der Waals surface area (Å²) in [5, 5.41) is 6.84. The minimum atomic E-state index is -0.293. The molecule has 2 aliphatic heterocycles. The first-order chi connectivity index (χ1) is 13.2. The van der Waals surface area contributed by atoms with E-state index in [0.29, 0.717) is 22.8 Å². The van der Waals surface area contributed by atoms with E-state index in [1.807, 2.05) is 35.2 Å². The van der Waals surface area contributed by atoms with Crippen LogP contribution in [-0.2, 0) is 4.79 Å². The van der Waals surface area contributed by atoms with Crippen LogP contribution in [0.5, 0.6) is 5.75 Å². The quantitative estimate of drug-likeness (QED) is 0.830. The lowest BCUT2D eigenvalue weighted by molar-refractivity contribution is -0.117. The summed E-state index contributed by atoms with van der Waals surface area (Å²) in [4.78, 5) is 27.5. The number of anilines is 1. The molecule has 0 bridgehead atoms. The Kier molecular flexibility index (Phi) is 5.40. The van der Waals surface area contributed by atoms with Gasteiger partial charge in [-0.25, -0.2) is 0 Å². The average molecular weight is 385 g/mol. The Morgan fingerprint density at radius 3 is 2.67 bits per heavy atom. The number of para-hydroxylation sites is 1. The molecule has 6 nitrogen and oxygen atoms in total. The van der Waals surface area contributed by atoms with Crippen molar-refractivity contribution in [2.24, 2.45) is 0 Å². The first-order valence-corrected chi connectivity index (χ1v) is 10.2. The van der Waals surface area contributed by atoms with Crippen molar-refractivity contribution in [1.29, 1.82) is 0 Å². The van der Waals surface area contributed by atoms with Gasteiger partial charge >= 0.3 is 0 Å². The summed E-state index contributed by atoms with van der Waals surface area (Å²) in [6.07, 6.45) is 2.73. The normalized spacial score (nSPS) is 22.0. The van der Waals surface area contributed by atoms with Gasteiger partial charge in [0.05, 0.1) is 15.9 Å². The van der Waals surface area contributed by atoms with Crippen molar-refractivity contribution in [3.05, 3.63) is 47.3 Å².